The molecule has 0 spiro atoms. The van der Waals surface area contributed by atoms with Crippen LogP contribution in [0.4, 0.5) is 79.0 Å². The normalized spacial score (nSPS) is 17.3. The van der Waals surface area contributed by atoms with Gasteiger partial charge in [0.2, 0.25) is 0 Å². The number of hydrogen-bond donors (Lipinski definition) is 0. The molecule has 0 aromatic carbocycles. The average Bonchev–Trinajstić information content (AvgIpc) is 2.58. The second-order valence-corrected chi connectivity index (χ2v) is 6.25. The molecule has 0 N–H and O–H groups in total. The highest BCUT2D eigenvalue weighted by Gasteiger charge is 2.83. The van der Waals surface area contributed by atoms with Gasteiger partial charge in [0.15, 0.2) is 0 Å². The van der Waals surface area contributed by atoms with E-state index in [0.29, 0.717) is 6.01 Å². The van der Waals surface area contributed by atoms with Gasteiger partial charge < -0.3 is 0 Å². The van der Waals surface area contributed by atoms with Gasteiger partial charge in [0.1, 0.15) is 12.1 Å². The minimum atomic E-state index is -7.37. The first kappa shape index (κ1) is 31.1. The van der Waals surface area contributed by atoms with Gasteiger partial charge in [-0.25, -0.2) is 9.98 Å². The van der Waals surface area contributed by atoms with Gasteiger partial charge in [0.05, 0.1) is 6.01 Å². The van der Waals surface area contributed by atoms with E-state index in [1.807, 2.05) is 9.98 Å². The SMILES string of the molecule is CC(N=C=NC(C)C(F)(F)C(F)(F)C(F)(F)C(F)(F)F)C(F)(F)C(F)(F)C(F)(F)C(F)(F)F. The lowest BCUT2D eigenvalue weighted by molar-refractivity contribution is -0.397. The Hall–Kier alpha value is -1.88. The molecule has 2 unspecified atom stereocenters. The van der Waals surface area contributed by atoms with Crippen molar-refractivity contribution < 1.29 is 79.0 Å². The van der Waals surface area contributed by atoms with E-state index in [1.165, 1.54) is 0 Å². The molecule has 0 aromatic heterocycles. The van der Waals surface area contributed by atoms with Gasteiger partial charge in [0.25, 0.3) is 0 Å². The van der Waals surface area contributed by atoms with Crippen LogP contribution in [0, 0.1) is 0 Å². The molecule has 0 amide bonds. The fourth-order valence-corrected chi connectivity index (χ4v) is 1.67. The van der Waals surface area contributed by atoms with Gasteiger partial charge in [-0.15, -0.1) is 0 Å². The third-order valence-corrected chi connectivity index (χ3v) is 3.89. The Morgan fingerprint density at radius 2 is 0.636 bits per heavy atom. The highest BCUT2D eigenvalue weighted by atomic mass is 19.4. The van der Waals surface area contributed by atoms with E-state index in [-0.39, 0.29) is 13.8 Å². The lowest BCUT2D eigenvalue weighted by Crippen LogP contribution is -2.63. The molecule has 0 saturated heterocycles. The Morgan fingerprint density at radius 1 is 0.424 bits per heavy atom. The predicted octanol–water partition coefficient (Wildman–Crippen LogP) is 6.87. The molecule has 0 bridgehead atoms. The molecule has 0 aliphatic carbocycles. The number of nitrogens with zero attached hydrogens (tertiary/aromatic N) is 2. The minimum Gasteiger partial charge on any atom is -0.216 e. The summed E-state index contributed by atoms with van der Waals surface area (Å²) in [6.45, 7) is -0.615. The van der Waals surface area contributed by atoms with Crippen LogP contribution in [-0.2, 0) is 0 Å². The first-order valence-electron chi connectivity index (χ1n) is 7.60. The Morgan fingerprint density at radius 3 is 0.818 bits per heavy atom. The number of rotatable bonds is 8. The van der Waals surface area contributed by atoms with Crippen molar-refractivity contribution in [2.75, 3.05) is 0 Å². The number of halogens is 18. The van der Waals surface area contributed by atoms with Crippen molar-refractivity contribution in [3.8, 4) is 0 Å². The average molecular weight is 534 g/mol. The van der Waals surface area contributed by atoms with Crippen molar-refractivity contribution >= 4 is 6.01 Å². The third-order valence-electron chi connectivity index (χ3n) is 3.89. The quantitative estimate of drug-likeness (QED) is 0.240. The largest absolute Gasteiger partial charge is 0.460 e. The van der Waals surface area contributed by atoms with Crippen molar-refractivity contribution in [1.82, 2.24) is 0 Å². The van der Waals surface area contributed by atoms with Gasteiger partial charge in [-0.05, 0) is 13.8 Å². The zero-order valence-corrected chi connectivity index (χ0v) is 15.4. The monoisotopic (exact) mass is 534 g/mol. The second-order valence-electron chi connectivity index (χ2n) is 6.25. The Bertz CT molecular complexity index is 694. The van der Waals surface area contributed by atoms with Crippen LogP contribution >= 0.6 is 0 Å². The lowest BCUT2D eigenvalue weighted by atomic mass is 9.98. The molecule has 0 heterocycles. The van der Waals surface area contributed by atoms with E-state index in [9.17, 15) is 79.0 Å². The summed E-state index contributed by atoms with van der Waals surface area (Å²) >= 11 is 0. The summed E-state index contributed by atoms with van der Waals surface area (Å²) in [5, 5.41) is 0. The summed E-state index contributed by atoms with van der Waals surface area (Å²) in [6.07, 6.45) is -14.4. The zero-order chi connectivity index (χ0) is 27.3. The fraction of sp³-hybridized carbons (Fsp3) is 0.923. The van der Waals surface area contributed by atoms with E-state index in [1.54, 1.807) is 0 Å². The molecular weight excluding hydrogens is 526 g/mol. The van der Waals surface area contributed by atoms with Crippen LogP contribution in [-0.4, -0.2) is 66.0 Å². The van der Waals surface area contributed by atoms with Crippen LogP contribution in [0.15, 0.2) is 9.98 Å². The standard InChI is InChI=1S/C13H8F18N2/c1-4(6(14,15)8(18,19)10(22,23)12(26,27)28)32-3-33-5(2)7(16,17)9(20,21)11(24,25)13(29,30)31/h4-5H,1-2H3. The fourth-order valence-electron chi connectivity index (χ4n) is 1.67. The van der Waals surface area contributed by atoms with Crippen LogP contribution in [0.2, 0.25) is 0 Å². The maximum atomic E-state index is 13.5. The van der Waals surface area contributed by atoms with Crippen molar-refractivity contribution in [2.24, 2.45) is 9.98 Å². The summed E-state index contributed by atoms with van der Waals surface area (Å²) in [4.78, 5) is 3.94. The van der Waals surface area contributed by atoms with Crippen molar-refractivity contribution in [3.05, 3.63) is 0 Å². The maximum absolute atomic E-state index is 13.5. The van der Waals surface area contributed by atoms with Crippen molar-refractivity contribution in [2.45, 2.75) is 73.8 Å². The molecule has 0 aliphatic rings. The van der Waals surface area contributed by atoms with Crippen LogP contribution < -0.4 is 0 Å². The topological polar surface area (TPSA) is 24.7 Å². The van der Waals surface area contributed by atoms with Gasteiger partial charge in [-0.1, -0.05) is 0 Å². The van der Waals surface area contributed by atoms with Crippen LogP contribution in [0.25, 0.3) is 0 Å². The Kier molecular flexibility index (Phi) is 7.93. The maximum Gasteiger partial charge on any atom is 0.460 e. The molecule has 0 aliphatic heterocycles. The molecule has 0 fully saturated rings. The van der Waals surface area contributed by atoms with Gasteiger partial charge >= 0.3 is 47.9 Å². The van der Waals surface area contributed by atoms with Crippen molar-refractivity contribution in [1.29, 1.82) is 0 Å². The second kappa shape index (κ2) is 8.41. The molecule has 33 heavy (non-hydrogen) atoms. The van der Waals surface area contributed by atoms with Gasteiger partial charge in [-0.2, -0.15) is 79.0 Å². The number of hydrogen-bond acceptors (Lipinski definition) is 2. The molecular formula is C13H8F18N2. The molecule has 0 rings (SSSR count). The molecule has 2 atom stereocenters. The Labute approximate surface area is 170 Å². The Balaban J connectivity index is 6.07. The first-order chi connectivity index (χ1) is 14.0. The van der Waals surface area contributed by atoms with Gasteiger partial charge in [-0.3, -0.25) is 0 Å². The van der Waals surface area contributed by atoms with E-state index in [0.717, 1.165) is 0 Å². The van der Waals surface area contributed by atoms with Crippen LogP contribution in [0.1, 0.15) is 13.8 Å². The smallest absolute Gasteiger partial charge is 0.216 e. The summed E-state index contributed by atoms with van der Waals surface area (Å²) in [7, 11) is 0. The minimum absolute atomic E-state index is 0.307. The summed E-state index contributed by atoms with van der Waals surface area (Å²) in [5.41, 5.74) is 0. The molecule has 2 nitrogen and oxygen atoms in total. The van der Waals surface area contributed by atoms with Gasteiger partial charge in [0, 0.05) is 0 Å². The molecule has 0 radical (unpaired) electrons. The summed E-state index contributed by atoms with van der Waals surface area (Å²) in [5.74, 6) is -42.0. The molecule has 20 heteroatoms. The van der Waals surface area contributed by atoms with Crippen LogP contribution in [0.5, 0.6) is 0 Å². The number of alkyl halides is 18. The van der Waals surface area contributed by atoms with E-state index >= 15 is 0 Å². The van der Waals surface area contributed by atoms with E-state index in [2.05, 4.69) is 0 Å². The summed E-state index contributed by atoms with van der Waals surface area (Å²) < 4.78 is 229. The molecule has 196 valence electrons. The zero-order valence-electron chi connectivity index (χ0n) is 15.4. The first-order valence-corrected chi connectivity index (χ1v) is 7.60. The molecule has 0 aromatic rings. The highest BCUT2D eigenvalue weighted by molar-refractivity contribution is 5.42. The molecule has 0 saturated carbocycles. The number of aliphatic imine (C=N–C) groups is 2. The van der Waals surface area contributed by atoms with Crippen molar-refractivity contribution in [3.63, 3.8) is 0 Å². The summed E-state index contributed by atoms with van der Waals surface area (Å²) in [6, 6.07) is -6.92. The predicted molar refractivity (Wildman–Crippen MR) is 70.6 cm³/mol. The van der Waals surface area contributed by atoms with E-state index in [4.69, 9.17) is 0 Å². The van der Waals surface area contributed by atoms with E-state index < -0.39 is 60.0 Å². The lowest BCUT2D eigenvalue weighted by Gasteiger charge is -2.35. The van der Waals surface area contributed by atoms with Crippen LogP contribution in [0.3, 0.4) is 0 Å². The highest BCUT2D eigenvalue weighted by Crippen LogP contribution is 2.55. The third kappa shape index (κ3) is 4.84.